The first kappa shape index (κ1) is 19.5. The summed E-state index contributed by atoms with van der Waals surface area (Å²) in [7, 11) is 0. The van der Waals surface area contributed by atoms with E-state index in [9.17, 15) is 0 Å². The van der Waals surface area contributed by atoms with Crippen LogP contribution in [0.2, 0.25) is 0 Å². The van der Waals surface area contributed by atoms with Crippen molar-refractivity contribution in [1.29, 1.82) is 0 Å². The molecule has 0 aromatic heterocycles. The minimum Gasteiger partial charge on any atom is -0.457 e. The SMILES string of the molecule is CCCCC(CC)COCCc1cc(C)ccc1Oc1ccccc1. The topological polar surface area (TPSA) is 18.5 Å². The molecule has 0 fully saturated rings. The molecular weight excluding hydrogens is 308 g/mol. The van der Waals surface area contributed by atoms with Crippen LogP contribution in [0.3, 0.4) is 0 Å². The second kappa shape index (κ2) is 10.9. The van der Waals surface area contributed by atoms with Crippen molar-refractivity contribution in [3.8, 4) is 11.5 Å². The fourth-order valence-corrected chi connectivity index (χ4v) is 2.95. The first-order valence-corrected chi connectivity index (χ1v) is 9.63. The largest absolute Gasteiger partial charge is 0.457 e. The first-order chi connectivity index (χ1) is 12.2. The quantitative estimate of drug-likeness (QED) is 0.431. The molecule has 0 saturated heterocycles. The van der Waals surface area contributed by atoms with E-state index in [-0.39, 0.29) is 0 Å². The third kappa shape index (κ3) is 6.91. The van der Waals surface area contributed by atoms with E-state index in [4.69, 9.17) is 9.47 Å². The van der Waals surface area contributed by atoms with Gasteiger partial charge in [0.05, 0.1) is 6.61 Å². The Balaban J connectivity index is 1.89. The average molecular weight is 341 g/mol. The van der Waals surface area contributed by atoms with Crippen molar-refractivity contribution in [3.05, 3.63) is 59.7 Å². The lowest BCUT2D eigenvalue weighted by atomic mass is 10.0. The summed E-state index contributed by atoms with van der Waals surface area (Å²) in [6.45, 7) is 8.25. The van der Waals surface area contributed by atoms with Gasteiger partial charge < -0.3 is 9.47 Å². The van der Waals surface area contributed by atoms with Crippen molar-refractivity contribution in [2.45, 2.75) is 52.9 Å². The third-order valence-electron chi connectivity index (χ3n) is 4.60. The van der Waals surface area contributed by atoms with Gasteiger partial charge in [-0.25, -0.2) is 0 Å². The van der Waals surface area contributed by atoms with Gasteiger partial charge >= 0.3 is 0 Å². The van der Waals surface area contributed by atoms with Crippen molar-refractivity contribution in [3.63, 3.8) is 0 Å². The van der Waals surface area contributed by atoms with Gasteiger partial charge in [0.2, 0.25) is 0 Å². The van der Waals surface area contributed by atoms with Crippen molar-refractivity contribution in [1.82, 2.24) is 0 Å². The van der Waals surface area contributed by atoms with Crippen LogP contribution in [-0.4, -0.2) is 13.2 Å². The predicted molar refractivity (Wildman–Crippen MR) is 106 cm³/mol. The summed E-state index contributed by atoms with van der Waals surface area (Å²) < 4.78 is 12.0. The van der Waals surface area contributed by atoms with Gasteiger partial charge in [-0.2, -0.15) is 0 Å². The Hall–Kier alpha value is -1.80. The minimum absolute atomic E-state index is 0.692. The highest BCUT2D eigenvalue weighted by Gasteiger charge is 2.08. The molecule has 2 aromatic carbocycles. The summed E-state index contributed by atoms with van der Waals surface area (Å²) in [5, 5.41) is 0. The summed E-state index contributed by atoms with van der Waals surface area (Å²) in [4.78, 5) is 0. The first-order valence-electron chi connectivity index (χ1n) is 9.63. The summed E-state index contributed by atoms with van der Waals surface area (Å²) >= 11 is 0. The maximum Gasteiger partial charge on any atom is 0.130 e. The van der Waals surface area contributed by atoms with Gasteiger partial charge in [0.25, 0.3) is 0 Å². The van der Waals surface area contributed by atoms with Crippen LogP contribution in [0.25, 0.3) is 0 Å². The smallest absolute Gasteiger partial charge is 0.130 e. The number of ether oxygens (including phenoxy) is 2. The number of unbranched alkanes of at least 4 members (excludes halogenated alkanes) is 1. The molecule has 0 N–H and O–H groups in total. The molecule has 0 saturated carbocycles. The van der Waals surface area contributed by atoms with E-state index >= 15 is 0 Å². The van der Waals surface area contributed by atoms with Gasteiger partial charge in [-0.1, -0.05) is 69.0 Å². The van der Waals surface area contributed by atoms with Crippen molar-refractivity contribution in [2.24, 2.45) is 5.92 Å². The number of hydrogen-bond donors (Lipinski definition) is 0. The molecule has 2 aromatic rings. The highest BCUT2D eigenvalue weighted by molar-refractivity contribution is 5.40. The van der Waals surface area contributed by atoms with Crippen molar-refractivity contribution >= 4 is 0 Å². The molecule has 1 atom stereocenters. The van der Waals surface area contributed by atoms with Crippen LogP contribution in [-0.2, 0) is 11.2 Å². The second-order valence-electron chi connectivity index (χ2n) is 6.77. The maximum atomic E-state index is 6.06. The number of benzene rings is 2. The van der Waals surface area contributed by atoms with E-state index in [2.05, 4.69) is 39.0 Å². The summed E-state index contributed by atoms with van der Waals surface area (Å²) in [5.41, 5.74) is 2.47. The Labute approximate surface area is 153 Å². The monoisotopic (exact) mass is 340 g/mol. The van der Waals surface area contributed by atoms with Crippen LogP contribution in [0, 0.1) is 12.8 Å². The number of rotatable bonds is 11. The zero-order valence-electron chi connectivity index (χ0n) is 16.0. The minimum atomic E-state index is 0.692. The Bertz CT molecular complexity index is 607. The standard InChI is InChI=1S/C23H32O2/c1-4-6-10-20(5-2)18-24-16-15-21-17-19(3)13-14-23(21)25-22-11-8-7-9-12-22/h7-9,11-14,17,20H,4-6,10,15-16,18H2,1-3H3. The molecule has 0 aliphatic carbocycles. The fraction of sp³-hybridized carbons (Fsp3) is 0.478. The van der Waals surface area contributed by atoms with Gasteiger partial charge in [0, 0.05) is 6.61 Å². The number of para-hydroxylation sites is 1. The van der Waals surface area contributed by atoms with Gasteiger partial charge in [0.15, 0.2) is 0 Å². The number of aryl methyl sites for hydroxylation is 1. The highest BCUT2D eigenvalue weighted by Crippen LogP contribution is 2.26. The van der Waals surface area contributed by atoms with Gasteiger partial charge in [-0.05, 0) is 49.4 Å². The predicted octanol–water partition coefficient (Wildman–Crippen LogP) is 6.56. The molecule has 2 nitrogen and oxygen atoms in total. The molecule has 0 aliphatic rings. The van der Waals surface area contributed by atoms with Crippen LogP contribution >= 0.6 is 0 Å². The van der Waals surface area contributed by atoms with E-state index in [0.29, 0.717) is 5.92 Å². The Morgan fingerprint density at radius 1 is 1.00 bits per heavy atom. The zero-order chi connectivity index (χ0) is 17.9. The second-order valence-corrected chi connectivity index (χ2v) is 6.77. The molecular formula is C23H32O2. The molecule has 0 aliphatic heterocycles. The molecule has 0 heterocycles. The van der Waals surface area contributed by atoms with Crippen LogP contribution in [0.15, 0.2) is 48.5 Å². The summed E-state index contributed by atoms with van der Waals surface area (Å²) in [6.07, 6.45) is 5.93. The molecule has 0 spiro atoms. The van der Waals surface area contributed by atoms with Gasteiger partial charge in [0.1, 0.15) is 11.5 Å². The van der Waals surface area contributed by atoms with E-state index in [1.165, 1.54) is 36.8 Å². The Morgan fingerprint density at radius 2 is 1.80 bits per heavy atom. The Morgan fingerprint density at radius 3 is 2.52 bits per heavy atom. The summed E-state index contributed by atoms with van der Waals surface area (Å²) in [6, 6.07) is 16.3. The van der Waals surface area contributed by atoms with Crippen LogP contribution in [0.5, 0.6) is 11.5 Å². The van der Waals surface area contributed by atoms with Crippen molar-refractivity contribution in [2.75, 3.05) is 13.2 Å². The lowest BCUT2D eigenvalue weighted by Crippen LogP contribution is -2.11. The lowest BCUT2D eigenvalue weighted by Gasteiger charge is -2.16. The molecule has 25 heavy (non-hydrogen) atoms. The fourth-order valence-electron chi connectivity index (χ4n) is 2.95. The normalized spacial score (nSPS) is 12.1. The molecule has 136 valence electrons. The lowest BCUT2D eigenvalue weighted by molar-refractivity contribution is 0.0960. The molecule has 0 bridgehead atoms. The van der Waals surface area contributed by atoms with Crippen LogP contribution in [0.1, 0.15) is 50.7 Å². The molecule has 2 rings (SSSR count). The van der Waals surface area contributed by atoms with Gasteiger partial charge in [-0.3, -0.25) is 0 Å². The Kier molecular flexibility index (Phi) is 8.54. The van der Waals surface area contributed by atoms with Crippen LogP contribution in [0.4, 0.5) is 0 Å². The van der Waals surface area contributed by atoms with Crippen molar-refractivity contribution < 1.29 is 9.47 Å². The van der Waals surface area contributed by atoms with E-state index in [0.717, 1.165) is 31.1 Å². The third-order valence-corrected chi connectivity index (χ3v) is 4.60. The molecule has 0 radical (unpaired) electrons. The van der Waals surface area contributed by atoms with E-state index in [1.807, 2.05) is 30.3 Å². The zero-order valence-corrected chi connectivity index (χ0v) is 16.0. The van der Waals surface area contributed by atoms with E-state index < -0.39 is 0 Å². The average Bonchev–Trinajstić information content (AvgIpc) is 2.64. The maximum absolute atomic E-state index is 6.06. The number of hydrogen-bond acceptors (Lipinski definition) is 2. The molecule has 0 amide bonds. The summed E-state index contributed by atoms with van der Waals surface area (Å²) in [5.74, 6) is 2.50. The van der Waals surface area contributed by atoms with Crippen LogP contribution < -0.4 is 4.74 Å². The van der Waals surface area contributed by atoms with E-state index in [1.54, 1.807) is 0 Å². The molecule has 1 unspecified atom stereocenters. The van der Waals surface area contributed by atoms with Gasteiger partial charge in [-0.15, -0.1) is 0 Å². The highest BCUT2D eigenvalue weighted by atomic mass is 16.5. The molecule has 2 heteroatoms.